The van der Waals surface area contributed by atoms with E-state index in [1.54, 1.807) is 7.05 Å². The highest BCUT2D eigenvalue weighted by atomic mass is 16.5. The van der Waals surface area contributed by atoms with E-state index in [1.807, 2.05) is 13.8 Å². The first-order chi connectivity index (χ1) is 6.08. The molecule has 0 aromatic rings. The highest BCUT2D eigenvalue weighted by molar-refractivity contribution is 5.75. The number of nitrogens with one attached hydrogen (secondary N) is 1. The molecule has 0 aliphatic heterocycles. The van der Waals surface area contributed by atoms with Gasteiger partial charge in [0.25, 0.3) is 0 Å². The average molecular weight is 188 g/mol. The molecule has 78 valence electrons. The van der Waals surface area contributed by atoms with Crippen molar-refractivity contribution in [3.63, 3.8) is 0 Å². The molecule has 0 aliphatic rings. The predicted molar refractivity (Wildman–Crippen MR) is 52.4 cm³/mol. The van der Waals surface area contributed by atoms with Gasteiger partial charge in [-0.1, -0.05) is 6.92 Å². The molecule has 0 aliphatic carbocycles. The fourth-order valence-corrected chi connectivity index (χ4v) is 0.820. The molecule has 0 bridgehead atoms. The van der Waals surface area contributed by atoms with Crippen molar-refractivity contribution in [2.45, 2.75) is 32.3 Å². The third kappa shape index (κ3) is 4.85. The molecule has 0 saturated carbocycles. The number of hydrogen-bond donors (Lipinski definition) is 2. The lowest BCUT2D eigenvalue weighted by Gasteiger charge is -2.26. The molecule has 0 heterocycles. The van der Waals surface area contributed by atoms with Gasteiger partial charge in [-0.3, -0.25) is 4.79 Å². The van der Waals surface area contributed by atoms with Crippen molar-refractivity contribution in [3.8, 4) is 0 Å². The van der Waals surface area contributed by atoms with E-state index in [1.165, 1.54) is 0 Å². The minimum atomic E-state index is -0.284. The normalized spacial score (nSPS) is 15.1. The highest BCUT2D eigenvalue weighted by Crippen LogP contribution is 2.12. The smallest absolute Gasteiger partial charge is 0.222 e. The summed E-state index contributed by atoms with van der Waals surface area (Å²) in [6.07, 6.45) is 1.25. The van der Waals surface area contributed by atoms with Crippen LogP contribution in [0.25, 0.3) is 0 Å². The molecule has 0 spiro atoms. The number of hydrogen-bond acceptors (Lipinski definition) is 3. The summed E-state index contributed by atoms with van der Waals surface area (Å²) in [5, 5.41) is 2.54. The Balaban J connectivity index is 3.67. The molecule has 0 radical (unpaired) electrons. The van der Waals surface area contributed by atoms with Crippen LogP contribution >= 0.6 is 0 Å². The van der Waals surface area contributed by atoms with Crippen LogP contribution in [0.1, 0.15) is 26.7 Å². The van der Waals surface area contributed by atoms with E-state index >= 15 is 0 Å². The molecular weight excluding hydrogens is 168 g/mol. The van der Waals surface area contributed by atoms with Crippen LogP contribution in [0.3, 0.4) is 0 Å². The van der Waals surface area contributed by atoms with Crippen LogP contribution in [0, 0.1) is 0 Å². The molecule has 0 rings (SSSR count). The molecular formula is C9H20N2O2. The first-order valence-electron chi connectivity index (χ1n) is 4.62. The molecule has 1 atom stereocenters. The van der Waals surface area contributed by atoms with Crippen molar-refractivity contribution in [3.05, 3.63) is 0 Å². The second-order valence-electron chi connectivity index (χ2n) is 3.28. The number of carbonyl (C=O) groups excluding carboxylic acids is 1. The summed E-state index contributed by atoms with van der Waals surface area (Å²) < 4.78 is 5.51. The second-order valence-corrected chi connectivity index (χ2v) is 3.28. The van der Waals surface area contributed by atoms with Gasteiger partial charge in [-0.2, -0.15) is 0 Å². The van der Waals surface area contributed by atoms with Gasteiger partial charge in [0.15, 0.2) is 0 Å². The van der Waals surface area contributed by atoms with Crippen LogP contribution in [-0.4, -0.2) is 31.7 Å². The zero-order chi connectivity index (χ0) is 10.3. The molecule has 0 saturated heterocycles. The molecule has 3 N–H and O–H groups in total. The summed E-state index contributed by atoms with van der Waals surface area (Å²) in [7, 11) is 1.62. The van der Waals surface area contributed by atoms with Gasteiger partial charge in [-0.25, -0.2) is 0 Å². The van der Waals surface area contributed by atoms with Gasteiger partial charge in [0.1, 0.15) is 0 Å². The van der Waals surface area contributed by atoms with Gasteiger partial charge in [-0.05, 0) is 13.3 Å². The quantitative estimate of drug-likeness (QED) is 0.628. The van der Waals surface area contributed by atoms with E-state index in [0.717, 1.165) is 6.42 Å². The molecule has 4 heteroatoms. The highest BCUT2D eigenvalue weighted by Gasteiger charge is 2.20. The van der Waals surface area contributed by atoms with E-state index in [2.05, 4.69) is 5.32 Å². The van der Waals surface area contributed by atoms with Crippen molar-refractivity contribution in [2.75, 3.05) is 20.2 Å². The molecule has 1 amide bonds. The number of ether oxygens (including phenoxy) is 1. The largest absolute Gasteiger partial charge is 0.373 e. The maximum atomic E-state index is 10.9. The Kier molecular flexibility index (Phi) is 5.66. The number of rotatable bonds is 6. The van der Waals surface area contributed by atoms with Crippen molar-refractivity contribution >= 4 is 5.91 Å². The van der Waals surface area contributed by atoms with Crippen LogP contribution in [0.2, 0.25) is 0 Å². The average Bonchev–Trinajstić information content (AvgIpc) is 2.17. The first kappa shape index (κ1) is 12.4. The van der Waals surface area contributed by atoms with Gasteiger partial charge in [0.05, 0.1) is 12.2 Å². The number of amides is 1. The van der Waals surface area contributed by atoms with Gasteiger partial charge in [0.2, 0.25) is 5.91 Å². The lowest BCUT2D eigenvalue weighted by molar-refractivity contribution is -0.123. The fraction of sp³-hybridized carbons (Fsp3) is 0.889. The third-order valence-electron chi connectivity index (χ3n) is 2.24. The Morgan fingerprint density at radius 3 is 2.62 bits per heavy atom. The Bertz CT molecular complexity index is 156. The first-order valence-corrected chi connectivity index (χ1v) is 4.62. The van der Waals surface area contributed by atoms with E-state index in [-0.39, 0.29) is 11.5 Å². The molecule has 13 heavy (non-hydrogen) atoms. The molecule has 0 fully saturated rings. The van der Waals surface area contributed by atoms with Crippen LogP contribution < -0.4 is 11.1 Å². The standard InChI is InChI=1S/C9H20N2O2/c1-4-9(2,7-10)13-6-5-8(12)11-3/h4-7,10H2,1-3H3,(H,11,12). The zero-order valence-electron chi connectivity index (χ0n) is 8.72. The third-order valence-corrected chi connectivity index (χ3v) is 2.24. The second kappa shape index (κ2) is 5.94. The lowest BCUT2D eigenvalue weighted by Crippen LogP contribution is -2.37. The van der Waals surface area contributed by atoms with Crippen molar-refractivity contribution in [1.82, 2.24) is 5.32 Å². The minimum absolute atomic E-state index is 0.00419. The predicted octanol–water partition coefficient (Wildman–Crippen LogP) is 0.267. The number of nitrogens with two attached hydrogens (primary N) is 1. The Labute approximate surface area is 79.8 Å². The summed E-state index contributed by atoms with van der Waals surface area (Å²) in [5.74, 6) is -0.00419. The van der Waals surface area contributed by atoms with Crippen LogP contribution in [-0.2, 0) is 9.53 Å². The van der Waals surface area contributed by atoms with E-state index < -0.39 is 0 Å². The monoisotopic (exact) mass is 188 g/mol. The Morgan fingerprint density at radius 2 is 2.23 bits per heavy atom. The van der Waals surface area contributed by atoms with E-state index in [4.69, 9.17) is 10.5 Å². The maximum Gasteiger partial charge on any atom is 0.222 e. The zero-order valence-corrected chi connectivity index (χ0v) is 8.72. The summed E-state index contributed by atoms with van der Waals surface area (Å²) in [4.78, 5) is 10.9. The van der Waals surface area contributed by atoms with Gasteiger partial charge in [0, 0.05) is 20.0 Å². The maximum absolute atomic E-state index is 10.9. The molecule has 0 aromatic heterocycles. The van der Waals surface area contributed by atoms with Crippen molar-refractivity contribution < 1.29 is 9.53 Å². The van der Waals surface area contributed by atoms with Gasteiger partial charge < -0.3 is 15.8 Å². The van der Waals surface area contributed by atoms with Crippen molar-refractivity contribution in [2.24, 2.45) is 5.73 Å². The molecule has 1 unspecified atom stereocenters. The van der Waals surface area contributed by atoms with Gasteiger partial charge in [-0.15, -0.1) is 0 Å². The molecule has 4 nitrogen and oxygen atoms in total. The Morgan fingerprint density at radius 1 is 1.62 bits per heavy atom. The topological polar surface area (TPSA) is 64.3 Å². The molecule has 0 aromatic carbocycles. The number of carbonyl (C=O) groups is 1. The minimum Gasteiger partial charge on any atom is -0.373 e. The summed E-state index contributed by atoms with van der Waals surface area (Å²) >= 11 is 0. The van der Waals surface area contributed by atoms with Crippen LogP contribution in [0.5, 0.6) is 0 Å². The summed E-state index contributed by atoms with van der Waals surface area (Å²) in [6, 6.07) is 0. The fourth-order valence-electron chi connectivity index (χ4n) is 0.820. The lowest BCUT2D eigenvalue weighted by atomic mass is 10.0. The summed E-state index contributed by atoms with van der Waals surface area (Å²) in [5.41, 5.74) is 5.26. The van der Waals surface area contributed by atoms with Crippen LogP contribution in [0.4, 0.5) is 0 Å². The van der Waals surface area contributed by atoms with E-state index in [9.17, 15) is 4.79 Å². The summed E-state index contributed by atoms with van der Waals surface area (Å²) in [6.45, 7) is 4.89. The SMILES string of the molecule is CCC(C)(CN)OCCC(=O)NC. The van der Waals surface area contributed by atoms with E-state index in [0.29, 0.717) is 19.6 Å². The van der Waals surface area contributed by atoms with Crippen molar-refractivity contribution in [1.29, 1.82) is 0 Å². The van der Waals surface area contributed by atoms with Crippen LogP contribution in [0.15, 0.2) is 0 Å². The van der Waals surface area contributed by atoms with Gasteiger partial charge >= 0.3 is 0 Å². The Hall–Kier alpha value is -0.610.